The summed E-state index contributed by atoms with van der Waals surface area (Å²) in [5.41, 5.74) is 2.15. The van der Waals surface area contributed by atoms with Crippen molar-refractivity contribution in [3.05, 3.63) is 53.1 Å². The minimum absolute atomic E-state index is 0.0591. The van der Waals surface area contributed by atoms with Crippen LogP contribution in [-0.4, -0.2) is 31.7 Å². The van der Waals surface area contributed by atoms with Crippen molar-refractivity contribution in [3.8, 4) is 0 Å². The Hall–Kier alpha value is -2.96. The number of nitrogens with zero attached hydrogens (tertiary/aromatic N) is 2. The first kappa shape index (κ1) is 18.4. The highest BCUT2D eigenvalue weighted by atomic mass is 16.5. The molecule has 0 aromatic carbocycles. The van der Waals surface area contributed by atoms with Crippen LogP contribution in [-0.2, 0) is 11.3 Å². The molecule has 0 aliphatic carbocycles. The lowest BCUT2D eigenvalue weighted by Gasteiger charge is -2.07. The first-order chi connectivity index (χ1) is 12.0. The number of hydrogen-bond donors (Lipinski definition) is 3. The molecule has 7 heteroatoms. The van der Waals surface area contributed by atoms with Crippen LogP contribution in [0.15, 0.2) is 47.4 Å². The molecule has 0 amide bonds. The molecule has 3 rings (SSSR count). The van der Waals surface area contributed by atoms with Gasteiger partial charge in [0.15, 0.2) is 0 Å². The van der Waals surface area contributed by atoms with Gasteiger partial charge in [0.05, 0.1) is 36.4 Å². The van der Waals surface area contributed by atoms with Gasteiger partial charge in [-0.25, -0.2) is 9.78 Å². The number of H-pyrrole nitrogens is 2. The van der Waals surface area contributed by atoms with Gasteiger partial charge in [-0.2, -0.15) is 0 Å². The van der Waals surface area contributed by atoms with Gasteiger partial charge in [-0.1, -0.05) is 13.0 Å². The maximum absolute atomic E-state index is 12.0. The summed E-state index contributed by atoms with van der Waals surface area (Å²) in [6.45, 7) is 6.30. The van der Waals surface area contributed by atoms with Crippen molar-refractivity contribution in [1.82, 2.24) is 19.5 Å². The lowest BCUT2D eigenvalue weighted by Crippen LogP contribution is -2.19. The van der Waals surface area contributed by atoms with Crippen molar-refractivity contribution in [2.45, 2.75) is 27.3 Å². The van der Waals surface area contributed by atoms with Crippen molar-refractivity contribution >= 4 is 22.1 Å². The third-order valence-electron chi connectivity index (χ3n) is 3.93. The summed E-state index contributed by atoms with van der Waals surface area (Å²) >= 11 is 0. The van der Waals surface area contributed by atoms with Crippen molar-refractivity contribution in [1.29, 1.82) is 0 Å². The molecule has 3 heterocycles. The average Bonchev–Trinajstić information content (AvgIpc) is 3.19. The van der Waals surface area contributed by atoms with Crippen molar-refractivity contribution in [3.63, 3.8) is 0 Å². The smallest absolute Gasteiger partial charge is 0.326 e. The fourth-order valence-electron chi connectivity index (χ4n) is 2.45. The number of fused-ring (bicyclic) bond motifs is 3. The predicted molar refractivity (Wildman–Crippen MR) is 99.6 cm³/mol. The number of aromatic amines is 2. The van der Waals surface area contributed by atoms with Gasteiger partial charge in [0, 0.05) is 18.1 Å². The van der Waals surface area contributed by atoms with Crippen LogP contribution in [0, 0.1) is 5.92 Å². The summed E-state index contributed by atoms with van der Waals surface area (Å²) in [6.07, 6.45) is 8.04. The van der Waals surface area contributed by atoms with E-state index < -0.39 is 0 Å². The molecule has 0 aliphatic rings. The minimum atomic E-state index is -0.163. The predicted octanol–water partition coefficient (Wildman–Crippen LogP) is 3.47. The molecule has 1 unspecified atom stereocenters. The highest BCUT2D eigenvalue weighted by Crippen LogP contribution is 2.21. The van der Waals surface area contributed by atoms with E-state index >= 15 is 0 Å². The van der Waals surface area contributed by atoms with Gasteiger partial charge in [0.25, 0.3) is 0 Å². The van der Waals surface area contributed by atoms with Gasteiger partial charge in [-0.15, -0.1) is 0 Å². The molecular formula is C18H24N4O3. The number of nitrogens with one attached hydrogen (secondary N) is 2. The maximum Gasteiger partial charge on any atom is 0.326 e. The lowest BCUT2D eigenvalue weighted by molar-refractivity contribution is 0.293. The van der Waals surface area contributed by atoms with E-state index in [1.165, 1.54) is 0 Å². The molecule has 7 nitrogen and oxygen atoms in total. The Bertz CT molecular complexity index is 946. The number of methoxy groups -OCH3 is 1. The average molecular weight is 344 g/mol. The summed E-state index contributed by atoms with van der Waals surface area (Å²) < 4.78 is 6.44. The van der Waals surface area contributed by atoms with Crippen LogP contribution in [0.4, 0.5) is 0 Å². The number of allylic oxidation sites excluding steroid dienone is 3. The molecule has 25 heavy (non-hydrogen) atoms. The molecule has 0 fully saturated rings. The quantitative estimate of drug-likeness (QED) is 0.631. The summed E-state index contributed by atoms with van der Waals surface area (Å²) in [7, 11) is 1.66. The van der Waals surface area contributed by atoms with E-state index in [1.807, 2.05) is 32.9 Å². The molecule has 1 atom stereocenters. The zero-order chi connectivity index (χ0) is 18.4. The van der Waals surface area contributed by atoms with Gasteiger partial charge in [0.1, 0.15) is 5.65 Å². The summed E-state index contributed by atoms with van der Waals surface area (Å²) in [4.78, 5) is 22.1. The van der Waals surface area contributed by atoms with Crippen molar-refractivity contribution in [2.75, 3.05) is 7.11 Å². The Balaban J connectivity index is 0.000000326. The molecule has 0 radical (unpaired) electrons. The van der Waals surface area contributed by atoms with Gasteiger partial charge >= 0.3 is 5.69 Å². The normalized spacial score (nSPS) is 13.2. The SMILES string of the molecule is C/C=C(\C)OC.CC(/C=C/O)Cn1c(=O)[nH]c2cnc3[nH]ccc3c21. The van der Waals surface area contributed by atoms with Crippen LogP contribution in [0.3, 0.4) is 0 Å². The molecule has 0 bridgehead atoms. The molecule has 3 N–H and O–H groups in total. The fourth-order valence-corrected chi connectivity index (χ4v) is 2.45. The number of aliphatic hydroxyl groups is 1. The Morgan fingerprint density at radius 3 is 2.88 bits per heavy atom. The largest absolute Gasteiger partial charge is 0.516 e. The third kappa shape index (κ3) is 4.12. The molecule has 134 valence electrons. The molecule has 0 saturated carbocycles. The van der Waals surface area contributed by atoms with Crippen molar-refractivity contribution < 1.29 is 9.84 Å². The van der Waals surface area contributed by atoms with E-state index in [1.54, 1.807) is 30.1 Å². The van der Waals surface area contributed by atoms with Crippen LogP contribution in [0.2, 0.25) is 0 Å². The molecule has 0 saturated heterocycles. The van der Waals surface area contributed by atoms with E-state index in [2.05, 4.69) is 15.0 Å². The van der Waals surface area contributed by atoms with E-state index in [0.29, 0.717) is 6.54 Å². The zero-order valence-corrected chi connectivity index (χ0v) is 14.9. The summed E-state index contributed by atoms with van der Waals surface area (Å²) in [5, 5.41) is 9.71. The standard InChI is InChI=1S/C13H14N4O2.C5H10O/c1-8(3-5-18)7-17-11-9-2-4-14-12(9)15-6-10(11)16-13(17)19;1-4-5(2)6-3/h2-6,8,18H,7H2,1H3,(H,14,15)(H,16,19);4H,1-3H3/b5-3+;5-4+. The van der Waals surface area contributed by atoms with Crippen molar-refractivity contribution in [2.24, 2.45) is 5.92 Å². The number of aromatic nitrogens is 4. The Kier molecular flexibility index (Phi) is 6.05. The van der Waals surface area contributed by atoms with Gasteiger partial charge in [-0.3, -0.25) is 4.57 Å². The van der Waals surface area contributed by atoms with Crippen LogP contribution in [0.1, 0.15) is 20.8 Å². The highest BCUT2D eigenvalue weighted by Gasteiger charge is 2.13. The Morgan fingerprint density at radius 1 is 1.52 bits per heavy atom. The van der Waals surface area contributed by atoms with E-state index in [4.69, 9.17) is 9.84 Å². The second-order valence-corrected chi connectivity index (χ2v) is 5.72. The highest BCUT2D eigenvalue weighted by molar-refractivity contribution is 6.00. The van der Waals surface area contributed by atoms with Crippen LogP contribution in [0.25, 0.3) is 22.1 Å². The number of imidazole rings is 1. The molecule has 3 aromatic rings. The molecule has 0 spiro atoms. The second-order valence-electron chi connectivity index (χ2n) is 5.72. The number of ether oxygens (including phenoxy) is 1. The number of rotatable bonds is 4. The van der Waals surface area contributed by atoms with Gasteiger partial charge in [-0.05, 0) is 31.9 Å². The van der Waals surface area contributed by atoms with E-state index in [0.717, 1.165) is 34.1 Å². The van der Waals surface area contributed by atoms with Gasteiger partial charge < -0.3 is 19.8 Å². The Morgan fingerprint density at radius 2 is 2.28 bits per heavy atom. The molecule has 0 aliphatic heterocycles. The number of hydrogen-bond acceptors (Lipinski definition) is 4. The number of aliphatic hydroxyl groups excluding tert-OH is 1. The summed E-state index contributed by atoms with van der Waals surface area (Å²) in [5.74, 6) is 1.03. The third-order valence-corrected chi connectivity index (χ3v) is 3.93. The summed E-state index contributed by atoms with van der Waals surface area (Å²) in [6, 6.07) is 1.90. The van der Waals surface area contributed by atoms with Gasteiger partial charge in [0.2, 0.25) is 0 Å². The molecular weight excluding hydrogens is 320 g/mol. The zero-order valence-electron chi connectivity index (χ0n) is 14.9. The Labute approximate surface area is 145 Å². The monoisotopic (exact) mass is 344 g/mol. The maximum atomic E-state index is 12.0. The fraction of sp³-hybridized carbons (Fsp3) is 0.333. The van der Waals surface area contributed by atoms with Crippen LogP contribution >= 0.6 is 0 Å². The van der Waals surface area contributed by atoms with E-state index in [9.17, 15) is 4.79 Å². The first-order valence-corrected chi connectivity index (χ1v) is 8.04. The minimum Gasteiger partial charge on any atom is -0.516 e. The topological polar surface area (TPSA) is 95.9 Å². The van der Waals surface area contributed by atoms with Crippen LogP contribution in [0.5, 0.6) is 0 Å². The lowest BCUT2D eigenvalue weighted by atomic mass is 10.2. The molecule has 3 aromatic heterocycles. The first-order valence-electron chi connectivity index (χ1n) is 8.04. The second kappa shape index (κ2) is 8.23. The van der Waals surface area contributed by atoms with Crippen LogP contribution < -0.4 is 5.69 Å². The van der Waals surface area contributed by atoms with E-state index in [-0.39, 0.29) is 11.6 Å². The number of pyridine rings is 1.